The Morgan fingerprint density at radius 2 is 2.19 bits per heavy atom. The van der Waals surface area contributed by atoms with Crippen molar-refractivity contribution in [3.05, 3.63) is 59.5 Å². The van der Waals surface area contributed by atoms with E-state index >= 15 is 0 Å². The number of aromatic nitrogens is 3. The van der Waals surface area contributed by atoms with Gasteiger partial charge in [0.25, 0.3) is 0 Å². The third-order valence-electron chi connectivity index (χ3n) is 4.62. The van der Waals surface area contributed by atoms with Gasteiger partial charge in [-0.15, -0.1) is 11.3 Å². The number of aryl methyl sites for hydroxylation is 1. The number of nitrogens with two attached hydrogens (primary N) is 1. The van der Waals surface area contributed by atoms with Crippen molar-refractivity contribution in [1.82, 2.24) is 19.3 Å². The first kappa shape index (κ1) is 16.8. The molecule has 3 aromatic heterocycles. The van der Waals surface area contributed by atoms with E-state index in [0.717, 1.165) is 22.7 Å². The Labute approximate surface area is 155 Å². The van der Waals surface area contributed by atoms with Crippen LogP contribution in [0.5, 0.6) is 0 Å². The number of para-hydroxylation sites is 1. The van der Waals surface area contributed by atoms with E-state index in [2.05, 4.69) is 46.3 Å². The van der Waals surface area contributed by atoms with Gasteiger partial charge in [-0.2, -0.15) is 0 Å². The van der Waals surface area contributed by atoms with Gasteiger partial charge in [0.05, 0.1) is 5.69 Å². The fourth-order valence-electron chi connectivity index (χ4n) is 3.20. The van der Waals surface area contributed by atoms with E-state index < -0.39 is 0 Å². The molecule has 0 radical (unpaired) electrons. The summed E-state index contributed by atoms with van der Waals surface area (Å²) in [5.41, 5.74) is 8.67. The maximum atomic E-state index is 11.1. The molecule has 26 heavy (non-hydrogen) atoms. The van der Waals surface area contributed by atoms with Gasteiger partial charge < -0.3 is 15.6 Å². The number of hydrogen-bond donors (Lipinski definition) is 2. The molecule has 1 aromatic carbocycles. The molecule has 0 bridgehead atoms. The quantitative estimate of drug-likeness (QED) is 0.527. The highest BCUT2D eigenvalue weighted by molar-refractivity contribution is 7.15. The van der Waals surface area contributed by atoms with E-state index in [1.54, 1.807) is 11.3 Å². The second-order valence-electron chi connectivity index (χ2n) is 6.44. The molecule has 6 nitrogen and oxygen atoms in total. The molecule has 4 rings (SSSR count). The SMILES string of the molecule is CC(NCc1cn(CCC(N)=O)c2ccccc12)c1cn2ccsc2n1. The number of imidazole rings is 1. The fourth-order valence-corrected chi connectivity index (χ4v) is 3.91. The molecule has 134 valence electrons. The van der Waals surface area contributed by atoms with Crippen molar-refractivity contribution in [2.45, 2.75) is 32.5 Å². The lowest BCUT2D eigenvalue weighted by atomic mass is 10.1. The molecule has 4 aromatic rings. The van der Waals surface area contributed by atoms with Gasteiger partial charge in [-0.05, 0) is 18.6 Å². The van der Waals surface area contributed by atoms with E-state index in [1.807, 2.05) is 28.1 Å². The second-order valence-corrected chi connectivity index (χ2v) is 7.32. The summed E-state index contributed by atoms with van der Waals surface area (Å²) in [4.78, 5) is 16.8. The summed E-state index contributed by atoms with van der Waals surface area (Å²) in [7, 11) is 0. The summed E-state index contributed by atoms with van der Waals surface area (Å²) in [6.45, 7) is 3.46. The molecule has 0 saturated carbocycles. The first-order valence-corrected chi connectivity index (χ1v) is 9.50. The van der Waals surface area contributed by atoms with Gasteiger partial charge in [0.1, 0.15) is 0 Å². The smallest absolute Gasteiger partial charge is 0.219 e. The maximum absolute atomic E-state index is 11.1. The molecule has 1 atom stereocenters. The molecule has 1 unspecified atom stereocenters. The monoisotopic (exact) mass is 367 g/mol. The van der Waals surface area contributed by atoms with Gasteiger partial charge in [-0.1, -0.05) is 18.2 Å². The number of thiazole rings is 1. The highest BCUT2D eigenvalue weighted by Gasteiger charge is 2.13. The molecule has 1 amide bonds. The zero-order chi connectivity index (χ0) is 18.1. The topological polar surface area (TPSA) is 77.4 Å². The number of rotatable bonds is 7. The summed E-state index contributed by atoms with van der Waals surface area (Å²) < 4.78 is 4.16. The molecule has 3 N–H and O–H groups in total. The average molecular weight is 367 g/mol. The molecule has 0 aliphatic heterocycles. The minimum Gasteiger partial charge on any atom is -0.370 e. The van der Waals surface area contributed by atoms with Crippen molar-refractivity contribution in [2.75, 3.05) is 0 Å². The third-order valence-corrected chi connectivity index (χ3v) is 5.40. The van der Waals surface area contributed by atoms with Gasteiger partial charge in [-0.3, -0.25) is 9.20 Å². The molecular formula is C19H21N5OS. The fraction of sp³-hybridized carbons (Fsp3) is 0.263. The van der Waals surface area contributed by atoms with Crippen molar-refractivity contribution < 1.29 is 4.79 Å². The van der Waals surface area contributed by atoms with Crippen LogP contribution < -0.4 is 11.1 Å². The Bertz CT molecular complexity index is 1030. The van der Waals surface area contributed by atoms with Crippen LogP contribution in [-0.2, 0) is 17.9 Å². The number of carbonyl (C=O) groups excluding carboxylic acids is 1. The normalized spacial score (nSPS) is 12.8. The van der Waals surface area contributed by atoms with Gasteiger partial charge in [0, 0.05) is 60.4 Å². The Kier molecular flexibility index (Phi) is 4.48. The molecular weight excluding hydrogens is 346 g/mol. The van der Waals surface area contributed by atoms with Gasteiger partial charge >= 0.3 is 0 Å². The van der Waals surface area contributed by atoms with Crippen molar-refractivity contribution in [3.8, 4) is 0 Å². The standard InChI is InChI=1S/C19H21N5OS/c1-13(16-12-24-8-9-26-19(24)22-16)21-10-14-11-23(7-6-18(20)25)17-5-3-2-4-15(14)17/h2-5,8-9,11-13,21H,6-7,10H2,1H3,(H2,20,25). The minimum atomic E-state index is -0.282. The van der Waals surface area contributed by atoms with E-state index in [1.165, 1.54) is 10.9 Å². The number of primary amides is 1. The van der Waals surface area contributed by atoms with Crippen LogP contribution in [0.2, 0.25) is 0 Å². The van der Waals surface area contributed by atoms with Crippen molar-refractivity contribution in [1.29, 1.82) is 0 Å². The summed E-state index contributed by atoms with van der Waals surface area (Å²) in [5, 5.41) is 6.79. The summed E-state index contributed by atoms with van der Waals surface area (Å²) in [6.07, 6.45) is 6.54. The van der Waals surface area contributed by atoms with Gasteiger partial charge in [0.15, 0.2) is 4.96 Å². The molecule has 3 heterocycles. The Hall–Kier alpha value is -2.64. The van der Waals surface area contributed by atoms with Crippen LogP contribution in [0.15, 0.2) is 48.2 Å². The van der Waals surface area contributed by atoms with Crippen LogP contribution in [0.3, 0.4) is 0 Å². The number of nitrogens with one attached hydrogen (secondary N) is 1. The molecule has 7 heteroatoms. The number of fused-ring (bicyclic) bond motifs is 2. The van der Waals surface area contributed by atoms with Crippen LogP contribution in [0.4, 0.5) is 0 Å². The lowest BCUT2D eigenvalue weighted by molar-refractivity contribution is -0.118. The summed E-state index contributed by atoms with van der Waals surface area (Å²) in [6, 6.07) is 8.39. The second kappa shape index (κ2) is 6.93. The minimum absolute atomic E-state index is 0.148. The highest BCUT2D eigenvalue weighted by Crippen LogP contribution is 2.23. The van der Waals surface area contributed by atoms with Crippen LogP contribution >= 0.6 is 11.3 Å². The molecule has 0 saturated heterocycles. The van der Waals surface area contributed by atoms with E-state index in [-0.39, 0.29) is 11.9 Å². The zero-order valence-electron chi connectivity index (χ0n) is 14.6. The Balaban J connectivity index is 1.52. The molecule has 0 aliphatic rings. The van der Waals surface area contributed by atoms with E-state index in [4.69, 9.17) is 5.73 Å². The number of benzene rings is 1. The number of carbonyl (C=O) groups is 1. The van der Waals surface area contributed by atoms with Gasteiger partial charge in [0.2, 0.25) is 5.91 Å². The predicted octanol–water partition coefficient (Wildman–Crippen LogP) is 3.08. The van der Waals surface area contributed by atoms with E-state index in [0.29, 0.717) is 13.0 Å². The first-order chi connectivity index (χ1) is 12.6. The number of hydrogen-bond acceptors (Lipinski definition) is 4. The Morgan fingerprint density at radius 3 is 3.00 bits per heavy atom. The van der Waals surface area contributed by atoms with Crippen molar-refractivity contribution in [3.63, 3.8) is 0 Å². The molecule has 0 spiro atoms. The number of amides is 1. The van der Waals surface area contributed by atoms with Crippen LogP contribution in [0.1, 0.15) is 30.6 Å². The zero-order valence-corrected chi connectivity index (χ0v) is 15.4. The van der Waals surface area contributed by atoms with Crippen LogP contribution in [0.25, 0.3) is 15.9 Å². The molecule has 0 fully saturated rings. The Morgan fingerprint density at radius 1 is 1.35 bits per heavy atom. The summed E-state index contributed by atoms with van der Waals surface area (Å²) in [5.74, 6) is -0.282. The van der Waals surface area contributed by atoms with Gasteiger partial charge in [-0.25, -0.2) is 4.98 Å². The third kappa shape index (κ3) is 3.23. The lowest BCUT2D eigenvalue weighted by Crippen LogP contribution is -2.18. The average Bonchev–Trinajstić information content (AvgIpc) is 3.31. The predicted molar refractivity (Wildman–Crippen MR) is 104 cm³/mol. The van der Waals surface area contributed by atoms with Crippen LogP contribution in [-0.4, -0.2) is 19.9 Å². The van der Waals surface area contributed by atoms with Crippen molar-refractivity contribution >= 4 is 33.1 Å². The first-order valence-electron chi connectivity index (χ1n) is 8.62. The van der Waals surface area contributed by atoms with Crippen molar-refractivity contribution in [2.24, 2.45) is 5.73 Å². The lowest BCUT2D eigenvalue weighted by Gasteiger charge is -2.10. The maximum Gasteiger partial charge on any atom is 0.219 e. The summed E-state index contributed by atoms with van der Waals surface area (Å²) >= 11 is 1.64. The highest BCUT2D eigenvalue weighted by atomic mass is 32.1. The van der Waals surface area contributed by atoms with Crippen LogP contribution in [0, 0.1) is 0 Å². The van der Waals surface area contributed by atoms with E-state index in [9.17, 15) is 4.79 Å². The number of nitrogens with zero attached hydrogens (tertiary/aromatic N) is 3. The largest absolute Gasteiger partial charge is 0.370 e. The molecule has 0 aliphatic carbocycles.